The van der Waals surface area contributed by atoms with Crippen molar-refractivity contribution in [2.24, 2.45) is 5.92 Å². The van der Waals surface area contributed by atoms with Crippen molar-refractivity contribution >= 4 is 28.1 Å². The van der Waals surface area contributed by atoms with Crippen molar-refractivity contribution in [3.63, 3.8) is 0 Å². The minimum atomic E-state index is -0.637. The van der Waals surface area contributed by atoms with E-state index in [0.717, 1.165) is 10.9 Å². The summed E-state index contributed by atoms with van der Waals surface area (Å²) >= 11 is 3.29. The Hall–Kier alpha value is -1.36. The zero-order valence-corrected chi connectivity index (χ0v) is 13.6. The molecule has 0 bridgehead atoms. The first-order chi connectivity index (χ1) is 9.43. The van der Waals surface area contributed by atoms with E-state index in [4.69, 9.17) is 4.74 Å². The Kier molecular flexibility index (Phi) is 6.71. The van der Waals surface area contributed by atoms with Gasteiger partial charge in [-0.3, -0.25) is 9.59 Å². The van der Waals surface area contributed by atoms with Gasteiger partial charge in [-0.05, 0) is 37.5 Å². The number of rotatable bonds is 7. The predicted octanol–water partition coefficient (Wildman–Crippen LogP) is 3.19. The maximum Gasteiger partial charge on any atom is 0.260 e. The Morgan fingerprint density at radius 1 is 1.40 bits per heavy atom. The number of aldehydes is 1. The third-order valence-electron chi connectivity index (χ3n) is 2.79. The van der Waals surface area contributed by atoms with Crippen LogP contribution in [0.3, 0.4) is 0 Å². The number of benzene rings is 1. The summed E-state index contributed by atoms with van der Waals surface area (Å²) in [6.07, 6.45) is 1.00. The van der Waals surface area contributed by atoms with Gasteiger partial charge in [0.05, 0.1) is 5.56 Å². The first kappa shape index (κ1) is 16.7. The second kappa shape index (κ2) is 8.04. The molecule has 0 heterocycles. The number of carbonyl (C=O) groups is 2. The number of hydrogen-bond donors (Lipinski definition) is 1. The first-order valence-corrected chi connectivity index (χ1v) is 7.42. The molecule has 0 saturated heterocycles. The monoisotopic (exact) mass is 341 g/mol. The molecule has 110 valence electrons. The highest BCUT2D eigenvalue weighted by Gasteiger charge is 2.16. The molecule has 1 N–H and O–H groups in total. The number of nitrogens with one attached hydrogen (secondary N) is 1. The fourth-order valence-electron chi connectivity index (χ4n) is 1.59. The molecule has 1 aromatic carbocycles. The maximum atomic E-state index is 11.9. The van der Waals surface area contributed by atoms with Gasteiger partial charge in [-0.15, -0.1) is 0 Å². The molecule has 0 aliphatic heterocycles. The Bertz CT molecular complexity index is 474. The van der Waals surface area contributed by atoms with Gasteiger partial charge >= 0.3 is 0 Å². The van der Waals surface area contributed by atoms with Crippen molar-refractivity contribution < 1.29 is 14.3 Å². The summed E-state index contributed by atoms with van der Waals surface area (Å²) in [5, 5.41) is 2.82. The SMILES string of the molecule is CC(C)CCNC(=O)C(C)Oc1ccc(Br)cc1C=O. The highest BCUT2D eigenvalue weighted by Crippen LogP contribution is 2.22. The van der Waals surface area contributed by atoms with Gasteiger partial charge in [0.15, 0.2) is 12.4 Å². The topological polar surface area (TPSA) is 55.4 Å². The second-order valence-corrected chi connectivity index (χ2v) is 5.95. The van der Waals surface area contributed by atoms with Gasteiger partial charge in [-0.2, -0.15) is 0 Å². The summed E-state index contributed by atoms with van der Waals surface area (Å²) in [5.74, 6) is 0.778. The van der Waals surface area contributed by atoms with Crippen molar-refractivity contribution in [2.45, 2.75) is 33.3 Å². The summed E-state index contributed by atoms with van der Waals surface area (Å²) in [6.45, 7) is 6.50. The van der Waals surface area contributed by atoms with Gasteiger partial charge in [0.1, 0.15) is 5.75 Å². The highest BCUT2D eigenvalue weighted by atomic mass is 79.9. The molecule has 0 fully saturated rings. The van der Waals surface area contributed by atoms with Crippen LogP contribution in [0.25, 0.3) is 0 Å². The van der Waals surface area contributed by atoms with E-state index in [1.165, 1.54) is 0 Å². The quantitative estimate of drug-likeness (QED) is 0.775. The van der Waals surface area contributed by atoms with E-state index in [1.54, 1.807) is 25.1 Å². The van der Waals surface area contributed by atoms with E-state index in [9.17, 15) is 9.59 Å². The third-order valence-corrected chi connectivity index (χ3v) is 3.29. The predicted molar refractivity (Wildman–Crippen MR) is 82.1 cm³/mol. The third kappa shape index (κ3) is 5.33. The van der Waals surface area contributed by atoms with Gasteiger partial charge in [0.25, 0.3) is 5.91 Å². The molecule has 4 nitrogen and oxygen atoms in total. The van der Waals surface area contributed by atoms with Crippen LogP contribution in [-0.2, 0) is 4.79 Å². The average molecular weight is 342 g/mol. The summed E-state index contributed by atoms with van der Waals surface area (Å²) < 4.78 is 6.34. The minimum Gasteiger partial charge on any atom is -0.480 e. The number of halogens is 1. The molecule has 0 aliphatic rings. The van der Waals surface area contributed by atoms with E-state index >= 15 is 0 Å². The highest BCUT2D eigenvalue weighted by molar-refractivity contribution is 9.10. The zero-order chi connectivity index (χ0) is 15.1. The number of carbonyl (C=O) groups excluding carboxylic acids is 2. The van der Waals surface area contributed by atoms with Gasteiger partial charge in [0, 0.05) is 11.0 Å². The Balaban J connectivity index is 2.59. The summed E-state index contributed by atoms with van der Waals surface area (Å²) in [5.41, 5.74) is 0.418. The van der Waals surface area contributed by atoms with Crippen LogP contribution in [0, 0.1) is 5.92 Å². The van der Waals surface area contributed by atoms with Crippen molar-refractivity contribution in [3.8, 4) is 5.75 Å². The van der Waals surface area contributed by atoms with Gasteiger partial charge < -0.3 is 10.1 Å². The van der Waals surface area contributed by atoms with Crippen molar-refractivity contribution in [1.29, 1.82) is 0 Å². The zero-order valence-electron chi connectivity index (χ0n) is 12.0. The first-order valence-electron chi connectivity index (χ1n) is 6.63. The summed E-state index contributed by atoms with van der Waals surface area (Å²) in [4.78, 5) is 22.8. The molecule has 0 saturated carbocycles. The molecule has 1 amide bonds. The van der Waals surface area contributed by atoms with Crippen LogP contribution >= 0.6 is 15.9 Å². The molecular formula is C15H20BrNO3. The molecule has 1 rings (SSSR count). The van der Waals surface area contributed by atoms with Crippen LogP contribution in [0.2, 0.25) is 0 Å². The van der Waals surface area contributed by atoms with E-state index in [1.807, 2.05) is 0 Å². The fraction of sp³-hybridized carbons (Fsp3) is 0.467. The maximum absolute atomic E-state index is 11.9. The molecule has 0 aliphatic carbocycles. The molecule has 20 heavy (non-hydrogen) atoms. The number of ether oxygens (including phenoxy) is 1. The molecule has 0 radical (unpaired) electrons. The molecule has 1 aromatic rings. The molecule has 1 atom stereocenters. The normalized spacial score (nSPS) is 12.1. The van der Waals surface area contributed by atoms with E-state index in [0.29, 0.717) is 30.1 Å². The van der Waals surface area contributed by atoms with E-state index in [2.05, 4.69) is 35.1 Å². The summed E-state index contributed by atoms with van der Waals surface area (Å²) in [7, 11) is 0. The lowest BCUT2D eigenvalue weighted by Crippen LogP contribution is -2.37. The largest absolute Gasteiger partial charge is 0.480 e. The average Bonchev–Trinajstić information content (AvgIpc) is 2.40. The lowest BCUT2D eigenvalue weighted by Gasteiger charge is -2.16. The fourth-order valence-corrected chi connectivity index (χ4v) is 1.97. The Labute approximate surface area is 128 Å². The Morgan fingerprint density at radius 3 is 2.70 bits per heavy atom. The minimum absolute atomic E-state index is 0.176. The number of amides is 1. The van der Waals surface area contributed by atoms with Crippen LogP contribution in [0.5, 0.6) is 5.75 Å². The Morgan fingerprint density at radius 2 is 2.10 bits per heavy atom. The molecule has 0 aromatic heterocycles. The standard InChI is InChI=1S/C15H20BrNO3/c1-10(2)6-7-17-15(19)11(3)20-14-5-4-13(16)8-12(14)9-18/h4-5,8-11H,6-7H2,1-3H3,(H,17,19). The van der Waals surface area contributed by atoms with E-state index in [-0.39, 0.29) is 5.91 Å². The smallest absolute Gasteiger partial charge is 0.260 e. The molecule has 1 unspecified atom stereocenters. The summed E-state index contributed by atoms with van der Waals surface area (Å²) in [6, 6.07) is 5.10. The lowest BCUT2D eigenvalue weighted by atomic mass is 10.1. The van der Waals surface area contributed by atoms with Crippen LogP contribution in [0.4, 0.5) is 0 Å². The van der Waals surface area contributed by atoms with Gasteiger partial charge in [0.2, 0.25) is 0 Å². The van der Waals surface area contributed by atoms with Crippen molar-refractivity contribution in [3.05, 3.63) is 28.2 Å². The van der Waals surface area contributed by atoms with Crippen molar-refractivity contribution in [2.75, 3.05) is 6.54 Å². The lowest BCUT2D eigenvalue weighted by molar-refractivity contribution is -0.127. The van der Waals surface area contributed by atoms with Crippen LogP contribution in [0.1, 0.15) is 37.6 Å². The van der Waals surface area contributed by atoms with Crippen LogP contribution < -0.4 is 10.1 Å². The van der Waals surface area contributed by atoms with Crippen LogP contribution in [0.15, 0.2) is 22.7 Å². The number of hydrogen-bond acceptors (Lipinski definition) is 3. The van der Waals surface area contributed by atoms with Crippen molar-refractivity contribution in [1.82, 2.24) is 5.32 Å². The second-order valence-electron chi connectivity index (χ2n) is 5.03. The molecule has 5 heteroatoms. The van der Waals surface area contributed by atoms with Gasteiger partial charge in [-0.25, -0.2) is 0 Å². The molecule has 0 spiro atoms. The molecular weight excluding hydrogens is 322 g/mol. The van der Waals surface area contributed by atoms with Crippen LogP contribution in [-0.4, -0.2) is 24.8 Å². The van der Waals surface area contributed by atoms with E-state index < -0.39 is 6.10 Å². The van der Waals surface area contributed by atoms with Gasteiger partial charge in [-0.1, -0.05) is 29.8 Å².